The summed E-state index contributed by atoms with van der Waals surface area (Å²) in [5, 5.41) is 0. The maximum atomic E-state index is 13.0. The topological polar surface area (TPSA) is 166 Å². The zero-order chi connectivity index (χ0) is 23.7. The molecule has 0 aromatic rings. The largest absolute Gasteiger partial charge is 0.469 e. The Hall–Kier alpha value is -2.37. The molecule has 0 aromatic carbocycles. The Balaban J connectivity index is 1.51. The first kappa shape index (κ1) is 24.3. The highest BCUT2D eigenvalue weighted by atomic mass is 31.2. The molecule has 0 radical (unpaired) electrons. The van der Waals surface area contributed by atoms with Gasteiger partial charge in [-0.05, 0) is 19.4 Å². The second kappa shape index (κ2) is 9.24. The van der Waals surface area contributed by atoms with Crippen LogP contribution in [-0.4, -0.2) is 76.5 Å². The summed E-state index contributed by atoms with van der Waals surface area (Å²) >= 11 is 0. The minimum atomic E-state index is -4.59. The molecule has 2 fully saturated rings. The molecule has 0 aromatic heterocycles. The fraction of sp³-hybridized carbons (Fsp3) is 0.579. The van der Waals surface area contributed by atoms with Crippen molar-refractivity contribution in [1.82, 2.24) is 4.90 Å². The highest BCUT2D eigenvalue weighted by Crippen LogP contribution is 2.51. The molecule has 3 aliphatic rings. The summed E-state index contributed by atoms with van der Waals surface area (Å²) in [6, 6.07) is 0. The Kier molecular flexibility index (Phi) is 7.01. The number of fused-ring (bicyclic) bond motifs is 5. The molecular formula is C19H24NO11P. The Labute approximate surface area is 183 Å². The number of phosphoric acid groups is 1. The molecule has 2 amide bonds. The highest BCUT2D eigenvalue weighted by molar-refractivity contribution is 7.46. The number of rotatable bonds is 11. The molecule has 2 saturated heterocycles. The third kappa shape index (κ3) is 5.00. The number of phosphoric ester groups is 1. The number of carbonyl (C=O) groups excluding carboxylic acids is 4. The molecule has 4 atom stereocenters. The average molecular weight is 473 g/mol. The van der Waals surface area contributed by atoms with Gasteiger partial charge in [0.2, 0.25) is 11.8 Å². The maximum Gasteiger partial charge on any atom is 0.469 e. The lowest BCUT2D eigenvalue weighted by molar-refractivity contribution is -0.155. The van der Waals surface area contributed by atoms with Crippen molar-refractivity contribution >= 4 is 31.6 Å². The van der Waals surface area contributed by atoms with E-state index in [1.54, 1.807) is 12.2 Å². The molecule has 3 aliphatic heterocycles. The predicted molar refractivity (Wildman–Crippen MR) is 104 cm³/mol. The second-order valence-electron chi connectivity index (χ2n) is 7.73. The van der Waals surface area contributed by atoms with E-state index in [1.165, 1.54) is 6.92 Å². The van der Waals surface area contributed by atoms with Gasteiger partial charge in [0.1, 0.15) is 18.8 Å². The summed E-state index contributed by atoms with van der Waals surface area (Å²) in [7, 11) is -4.59. The third-order valence-corrected chi connectivity index (χ3v) is 5.91. The van der Waals surface area contributed by atoms with E-state index in [4.69, 9.17) is 24.0 Å². The lowest BCUT2D eigenvalue weighted by Crippen LogP contribution is -2.45. The maximum absolute atomic E-state index is 13.0. The standard InChI is InChI=1S/C19H24NO11P/c1-11(2)18(24)29-10-19-6-5-12(31-19)14-15(19)17(23)20(16(14)22)7-9-28-13(21)4-3-8-30-32(25,26)27/h5-6,12,14-15H,1,3-4,7-10H2,2H3,(H2,25,26,27). The third-order valence-electron chi connectivity index (χ3n) is 5.39. The van der Waals surface area contributed by atoms with E-state index in [9.17, 15) is 23.7 Å². The van der Waals surface area contributed by atoms with Gasteiger partial charge in [-0.1, -0.05) is 12.7 Å². The summed E-state index contributed by atoms with van der Waals surface area (Å²) in [4.78, 5) is 67.4. The van der Waals surface area contributed by atoms with Crippen molar-refractivity contribution in [2.75, 3.05) is 26.4 Å². The van der Waals surface area contributed by atoms with Crippen molar-refractivity contribution in [1.29, 1.82) is 0 Å². The molecule has 2 bridgehead atoms. The van der Waals surface area contributed by atoms with Gasteiger partial charge in [0, 0.05) is 12.0 Å². The number of amides is 2. The van der Waals surface area contributed by atoms with E-state index in [-0.39, 0.29) is 44.8 Å². The van der Waals surface area contributed by atoms with Crippen LogP contribution in [0.2, 0.25) is 0 Å². The molecule has 4 unspecified atom stereocenters. The first-order valence-electron chi connectivity index (χ1n) is 9.86. The Morgan fingerprint density at radius 3 is 2.62 bits per heavy atom. The number of carbonyl (C=O) groups is 4. The van der Waals surface area contributed by atoms with Gasteiger partial charge in [-0.3, -0.25) is 23.8 Å². The van der Waals surface area contributed by atoms with Gasteiger partial charge in [-0.25, -0.2) is 9.36 Å². The van der Waals surface area contributed by atoms with Crippen LogP contribution in [0.25, 0.3) is 0 Å². The Morgan fingerprint density at radius 2 is 1.97 bits per heavy atom. The lowest BCUT2D eigenvalue weighted by atomic mass is 9.77. The molecular weight excluding hydrogens is 449 g/mol. The van der Waals surface area contributed by atoms with E-state index in [2.05, 4.69) is 11.1 Å². The summed E-state index contributed by atoms with van der Waals surface area (Å²) in [5.41, 5.74) is -1.03. The van der Waals surface area contributed by atoms with Crippen LogP contribution >= 0.6 is 7.82 Å². The van der Waals surface area contributed by atoms with Gasteiger partial charge in [-0.15, -0.1) is 0 Å². The molecule has 3 rings (SSSR count). The molecule has 0 saturated carbocycles. The normalized spacial score (nSPS) is 28.2. The van der Waals surface area contributed by atoms with E-state index < -0.39 is 55.1 Å². The number of ether oxygens (including phenoxy) is 3. The van der Waals surface area contributed by atoms with Crippen molar-refractivity contribution in [3.05, 3.63) is 24.3 Å². The van der Waals surface area contributed by atoms with Crippen LogP contribution in [0, 0.1) is 11.8 Å². The van der Waals surface area contributed by atoms with E-state index in [0.717, 1.165) is 4.90 Å². The molecule has 0 spiro atoms. The number of hydrogen-bond donors (Lipinski definition) is 2. The summed E-state index contributed by atoms with van der Waals surface area (Å²) in [6.45, 7) is 4.06. The molecule has 13 heteroatoms. The van der Waals surface area contributed by atoms with Gasteiger partial charge in [0.15, 0.2) is 0 Å². The summed E-state index contributed by atoms with van der Waals surface area (Å²) in [5.74, 6) is -3.82. The minimum absolute atomic E-state index is 0.0335. The van der Waals surface area contributed by atoms with Crippen molar-refractivity contribution in [3.63, 3.8) is 0 Å². The van der Waals surface area contributed by atoms with E-state index in [0.29, 0.717) is 0 Å². The van der Waals surface area contributed by atoms with Crippen molar-refractivity contribution < 1.29 is 52.3 Å². The Bertz CT molecular complexity index is 909. The SMILES string of the molecule is C=C(C)C(=O)OCC12C=CC(O1)C1C(=O)N(CCOC(=O)CCCOP(=O)(O)O)C(=O)C12. The second-order valence-corrected chi connectivity index (χ2v) is 8.97. The average Bonchev–Trinajstić information content (AvgIpc) is 3.34. The van der Waals surface area contributed by atoms with Crippen molar-refractivity contribution in [2.24, 2.45) is 11.8 Å². The van der Waals surface area contributed by atoms with Gasteiger partial charge in [0.25, 0.3) is 0 Å². The van der Waals surface area contributed by atoms with Gasteiger partial charge in [-0.2, -0.15) is 0 Å². The fourth-order valence-corrected chi connectivity index (χ4v) is 4.34. The molecule has 12 nitrogen and oxygen atoms in total. The van der Waals surface area contributed by atoms with Gasteiger partial charge >= 0.3 is 19.8 Å². The van der Waals surface area contributed by atoms with Crippen LogP contribution in [0.4, 0.5) is 0 Å². The smallest absolute Gasteiger partial charge is 0.464 e. The van der Waals surface area contributed by atoms with Crippen LogP contribution in [0.3, 0.4) is 0 Å². The van der Waals surface area contributed by atoms with E-state index >= 15 is 0 Å². The number of imide groups is 1. The fourth-order valence-electron chi connectivity index (χ4n) is 3.97. The predicted octanol–water partition coefficient (Wildman–Crippen LogP) is -0.153. The van der Waals surface area contributed by atoms with Crippen LogP contribution < -0.4 is 0 Å². The zero-order valence-corrected chi connectivity index (χ0v) is 18.2. The molecule has 0 aliphatic carbocycles. The van der Waals surface area contributed by atoms with Gasteiger partial charge in [0.05, 0.1) is 31.1 Å². The number of nitrogens with zero attached hydrogens (tertiary/aromatic N) is 1. The number of hydrogen-bond acceptors (Lipinski definition) is 9. The molecule has 176 valence electrons. The van der Waals surface area contributed by atoms with Crippen LogP contribution in [-0.2, 0) is 42.5 Å². The quantitative estimate of drug-likeness (QED) is 0.102. The Morgan fingerprint density at radius 1 is 1.25 bits per heavy atom. The highest BCUT2D eigenvalue weighted by Gasteiger charge is 2.68. The first-order valence-corrected chi connectivity index (χ1v) is 11.4. The number of likely N-dealkylation sites (tertiary alicyclic amines) is 1. The van der Waals surface area contributed by atoms with Crippen molar-refractivity contribution in [3.8, 4) is 0 Å². The monoisotopic (exact) mass is 473 g/mol. The first-order chi connectivity index (χ1) is 14.9. The molecule has 2 N–H and O–H groups in total. The van der Waals surface area contributed by atoms with Crippen LogP contribution in [0.15, 0.2) is 24.3 Å². The minimum Gasteiger partial charge on any atom is -0.464 e. The zero-order valence-electron chi connectivity index (χ0n) is 17.3. The summed E-state index contributed by atoms with van der Waals surface area (Å²) < 4.78 is 30.8. The van der Waals surface area contributed by atoms with Crippen LogP contribution in [0.1, 0.15) is 19.8 Å². The summed E-state index contributed by atoms with van der Waals surface area (Å²) in [6.07, 6.45) is 2.58. The van der Waals surface area contributed by atoms with Gasteiger partial charge < -0.3 is 24.0 Å². The van der Waals surface area contributed by atoms with E-state index in [1.807, 2.05) is 0 Å². The number of esters is 2. The lowest BCUT2D eigenvalue weighted by Gasteiger charge is -2.28. The van der Waals surface area contributed by atoms with Crippen LogP contribution in [0.5, 0.6) is 0 Å². The van der Waals surface area contributed by atoms with Crippen molar-refractivity contribution in [2.45, 2.75) is 31.5 Å². The molecule has 32 heavy (non-hydrogen) atoms. The molecule has 3 heterocycles.